The Hall–Kier alpha value is -1.58. The molecule has 0 heterocycles. The highest BCUT2D eigenvalue weighted by Gasteiger charge is 2.19. The average Bonchev–Trinajstić information content (AvgIpc) is 2.45. The molecule has 0 fully saturated rings. The summed E-state index contributed by atoms with van der Waals surface area (Å²) in [5.74, 6) is 0. The van der Waals surface area contributed by atoms with E-state index >= 15 is 0 Å². The summed E-state index contributed by atoms with van der Waals surface area (Å²) in [4.78, 5) is 7.57. The van der Waals surface area contributed by atoms with Gasteiger partial charge in [-0.1, -0.05) is 39.3 Å². The Bertz CT molecular complexity index is 754. The van der Waals surface area contributed by atoms with Gasteiger partial charge in [0.1, 0.15) is 16.5 Å². The van der Waals surface area contributed by atoms with E-state index in [0.29, 0.717) is 9.79 Å². The van der Waals surface area contributed by atoms with Crippen LogP contribution < -0.4 is 9.96 Å². The fourth-order valence-corrected chi connectivity index (χ4v) is 5.76. The zero-order valence-corrected chi connectivity index (χ0v) is 18.7. The van der Waals surface area contributed by atoms with E-state index in [-0.39, 0.29) is 0 Å². The Labute approximate surface area is 153 Å². The fraction of sp³-hybridized carbons (Fsp3) is 0.333. The molecule has 0 spiro atoms. The molecule has 2 rings (SSSR count). The first kappa shape index (κ1) is 19.7. The average molecular weight is 393 g/mol. The highest BCUT2D eigenvalue weighted by molar-refractivity contribution is 7.91. The molecule has 0 aliphatic heterocycles. The summed E-state index contributed by atoms with van der Waals surface area (Å²) >= 11 is 0. The third-order valence-corrected chi connectivity index (χ3v) is 7.23. The van der Waals surface area contributed by atoms with Gasteiger partial charge in [-0.3, -0.25) is 0 Å². The highest BCUT2D eigenvalue weighted by Crippen LogP contribution is 2.25. The van der Waals surface area contributed by atoms with Crippen molar-refractivity contribution < 1.29 is 8.42 Å². The van der Waals surface area contributed by atoms with Crippen molar-refractivity contribution >= 4 is 37.7 Å². The molecule has 0 bridgehead atoms. The van der Waals surface area contributed by atoms with Crippen LogP contribution in [-0.2, 0) is 9.84 Å². The second kappa shape index (κ2) is 6.97. The molecule has 0 aliphatic carbocycles. The van der Waals surface area contributed by atoms with E-state index in [1.54, 1.807) is 24.3 Å². The Morgan fingerprint density at radius 2 is 0.880 bits per heavy atom. The minimum Gasteiger partial charge on any atom is -0.411 e. The van der Waals surface area contributed by atoms with E-state index in [4.69, 9.17) is 0 Å². The van der Waals surface area contributed by atoms with Gasteiger partial charge in [-0.25, -0.2) is 8.42 Å². The van der Waals surface area contributed by atoms with Gasteiger partial charge in [0.25, 0.3) is 0 Å². The summed E-state index contributed by atoms with van der Waals surface area (Å²) in [5.41, 5.74) is 1.93. The Morgan fingerprint density at radius 1 is 0.600 bits per heavy atom. The zero-order valence-electron chi connectivity index (χ0n) is 15.8. The molecule has 2 N–H and O–H groups in total. The van der Waals surface area contributed by atoms with E-state index in [1.165, 1.54) is 0 Å². The van der Waals surface area contributed by atoms with Crippen LogP contribution in [-0.4, -0.2) is 24.9 Å². The van der Waals surface area contributed by atoms with Gasteiger partial charge < -0.3 is 9.96 Å². The summed E-state index contributed by atoms with van der Waals surface area (Å²) < 4.78 is 25.6. The van der Waals surface area contributed by atoms with E-state index in [9.17, 15) is 8.42 Å². The summed E-state index contributed by atoms with van der Waals surface area (Å²) in [6, 6.07) is 14.0. The van der Waals surface area contributed by atoms with Crippen molar-refractivity contribution in [3.05, 3.63) is 48.5 Å². The lowest BCUT2D eigenvalue weighted by molar-refractivity contribution is 0.596. The molecule has 2 aromatic rings. The summed E-state index contributed by atoms with van der Waals surface area (Å²) in [7, 11) is -6.40. The molecule has 0 aromatic heterocycles. The fourth-order valence-electron chi connectivity index (χ4n) is 2.44. The van der Waals surface area contributed by atoms with Crippen LogP contribution in [0.5, 0.6) is 0 Å². The van der Waals surface area contributed by atoms with Crippen molar-refractivity contribution in [2.24, 2.45) is 0 Å². The van der Waals surface area contributed by atoms with Crippen molar-refractivity contribution in [1.82, 2.24) is 0 Å². The molecule has 0 saturated heterocycles. The third-order valence-electron chi connectivity index (χ3n) is 3.37. The first-order valence-electron chi connectivity index (χ1n) is 8.38. The van der Waals surface area contributed by atoms with Gasteiger partial charge >= 0.3 is 0 Å². The smallest absolute Gasteiger partial charge is 0.206 e. The van der Waals surface area contributed by atoms with Crippen LogP contribution >= 0.6 is 0 Å². The van der Waals surface area contributed by atoms with E-state index in [0.717, 1.165) is 11.4 Å². The van der Waals surface area contributed by atoms with E-state index in [1.807, 2.05) is 24.3 Å². The van der Waals surface area contributed by atoms with Crippen LogP contribution in [0.2, 0.25) is 39.3 Å². The Balaban J connectivity index is 2.23. The molecule has 0 aliphatic rings. The molecule has 7 heteroatoms. The summed E-state index contributed by atoms with van der Waals surface area (Å²) in [6.07, 6.45) is 0. The van der Waals surface area contributed by atoms with Crippen LogP contribution in [0, 0.1) is 0 Å². The van der Waals surface area contributed by atoms with Crippen LogP contribution in [0.15, 0.2) is 58.3 Å². The van der Waals surface area contributed by atoms with Crippen molar-refractivity contribution in [3.8, 4) is 0 Å². The van der Waals surface area contributed by atoms with Gasteiger partial charge in [0.15, 0.2) is 0 Å². The molecule has 0 amide bonds. The van der Waals surface area contributed by atoms with Crippen molar-refractivity contribution in [2.75, 3.05) is 9.96 Å². The molecule has 0 atom stereocenters. The van der Waals surface area contributed by atoms with Crippen LogP contribution in [0.3, 0.4) is 0 Å². The maximum absolute atomic E-state index is 12.8. The first-order chi connectivity index (χ1) is 11.4. The second-order valence-corrected chi connectivity index (χ2v) is 19.8. The zero-order chi connectivity index (χ0) is 18.9. The van der Waals surface area contributed by atoms with Gasteiger partial charge in [0.05, 0.1) is 9.79 Å². The standard InChI is InChI=1S/C18H28N2O2SSi2/c1-24(2,3)19-15-7-11-17(12-8-15)23(21,22)18-13-9-16(10-14-18)20-25(4,5)6/h7-14,19-20H,1-6H3. The summed E-state index contributed by atoms with van der Waals surface area (Å²) in [5, 5.41) is 0. The van der Waals surface area contributed by atoms with Crippen LogP contribution in [0.1, 0.15) is 0 Å². The molecule has 0 saturated carbocycles. The normalized spacial score (nSPS) is 12.7. The van der Waals surface area contributed by atoms with Gasteiger partial charge in [-0.15, -0.1) is 0 Å². The maximum Gasteiger partial charge on any atom is 0.206 e. The number of hydrogen-bond acceptors (Lipinski definition) is 4. The van der Waals surface area contributed by atoms with Gasteiger partial charge in [0.2, 0.25) is 9.84 Å². The Kier molecular flexibility index (Phi) is 5.51. The minimum atomic E-state index is -3.49. The number of nitrogens with one attached hydrogen (secondary N) is 2. The molecule has 25 heavy (non-hydrogen) atoms. The Morgan fingerprint density at radius 3 is 1.12 bits per heavy atom. The molecular weight excluding hydrogens is 364 g/mol. The van der Waals surface area contributed by atoms with Crippen molar-refractivity contribution in [3.63, 3.8) is 0 Å². The third kappa shape index (κ3) is 5.72. The lowest BCUT2D eigenvalue weighted by Crippen LogP contribution is -2.32. The molecule has 2 aromatic carbocycles. The lowest BCUT2D eigenvalue weighted by atomic mass is 10.3. The molecule has 136 valence electrons. The molecule has 4 nitrogen and oxygen atoms in total. The van der Waals surface area contributed by atoms with Gasteiger partial charge in [-0.2, -0.15) is 0 Å². The quantitative estimate of drug-likeness (QED) is 0.678. The number of hydrogen-bond donors (Lipinski definition) is 2. The first-order valence-corrected chi connectivity index (χ1v) is 16.9. The molecular formula is C18H28N2O2SSi2. The second-order valence-electron chi connectivity index (χ2n) is 8.30. The number of anilines is 2. The maximum atomic E-state index is 12.8. The van der Waals surface area contributed by atoms with E-state index in [2.05, 4.69) is 49.2 Å². The molecule has 0 unspecified atom stereocenters. The van der Waals surface area contributed by atoms with Crippen molar-refractivity contribution in [1.29, 1.82) is 0 Å². The lowest BCUT2D eigenvalue weighted by Gasteiger charge is -2.20. The topological polar surface area (TPSA) is 58.2 Å². The highest BCUT2D eigenvalue weighted by atomic mass is 32.2. The van der Waals surface area contributed by atoms with Gasteiger partial charge in [0, 0.05) is 11.4 Å². The largest absolute Gasteiger partial charge is 0.411 e. The van der Waals surface area contributed by atoms with Crippen molar-refractivity contribution in [2.45, 2.75) is 49.1 Å². The van der Waals surface area contributed by atoms with Crippen LogP contribution in [0.4, 0.5) is 11.4 Å². The summed E-state index contributed by atoms with van der Waals surface area (Å²) in [6.45, 7) is 13.2. The SMILES string of the molecule is C[Si](C)(C)Nc1ccc(S(=O)(=O)c2ccc(N[Si](C)(C)C)cc2)cc1. The molecule has 0 radical (unpaired) electrons. The predicted molar refractivity (Wildman–Crippen MR) is 112 cm³/mol. The number of benzene rings is 2. The predicted octanol–water partition coefficient (Wildman–Crippen LogP) is 5.01. The van der Waals surface area contributed by atoms with E-state index < -0.39 is 26.3 Å². The number of rotatable bonds is 6. The monoisotopic (exact) mass is 392 g/mol. The van der Waals surface area contributed by atoms with Gasteiger partial charge in [-0.05, 0) is 48.5 Å². The number of sulfone groups is 1. The minimum absolute atomic E-state index is 0.319. The van der Waals surface area contributed by atoms with Crippen LogP contribution in [0.25, 0.3) is 0 Å².